The Bertz CT molecular complexity index is 741. The minimum Gasteiger partial charge on any atom is -0.326 e. The maximum atomic E-state index is 12.6. The molecule has 114 valence electrons. The second kappa shape index (κ2) is 6.46. The molecule has 4 nitrogen and oxygen atoms in total. The quantitative estimate of drug-likeness (QED) is 0.906. The molecule has 0 aliphatic rings. The molecule has 1 heterocycles. The molecule has 1 aromatic heterocycles. The van der Waals surface area contributed by atoms with Crippen LogP contribution in [-0.4, -0.2) is 19.8 Å². The third-order valence-corrected chi connectivity index (χ3v) is 6.89. The lowest BCUT2D eigenvalue weighted by Gasteiger charge is -2.16. The molecular weight excluding hydrogens is 328 g/mol. The van der Waals surface area contributed by atoms with Gasteiger partial charge in [0.2, 0.25) is 0 Å². The van der Waals surface area contributed by atoms with Gasteiger partial charge in [-0.1, -0.05) is 23.7 Å². The van der Waals surface area contributed by atoms with E-state index in [1.807, 2.05) is 13.0 Å². The molecule has 0 fully saturated rings. The molecule has 0 aliphatic heterocycles. The van der Waals surface area contributed by atoms with Crippen LogP contribution in [-0.2, 0) is 23.1 Å². The summed E-state index contributed by atoms with van der Waals surface area (Å²) in [5.41, 5.74) is 7.37. The van der Waals surface area contributed by atoms with Crippen LogP contribution in [0.3, 0.4) is 0 Å². The summed E-state index contributed by atoms with van der Waals surface area (Å²) in [6, 6.07) is 8.85. The minimum atomic E-state index is -3.51. The number of aryl methyl sites for hydroxylation is 1. The monoisotopic (exact) mass is 344 g/mol. The van der Waals surface area contributed by atoms with Crippen molar-refractivity contribution in [1.82, 2.24) is 4.31 Å². The van der Waals surface area contributed by atoms with Gasteiger partial charge in [-0.2, -0.15) is 4.31 Å². The van der Waals surface area contributed by atoms with Gasteiger partial charge in [-0.05, 0) is 36.2 Å². The maximum Gasteiger partial charge on any atom is 0.252 e. The van der Waals surface area contributed by atoms with Crippen molar-refractivity contribution in [3.63, 3.8) is 0 Å². The second-order valence-electron chi connectivity index (χ2n) is 4.77. The Hall–Kier alpha value is -0.920. The molecule has 2 rings (SSSR count). The second-order valence-corrected chi connectivity index (χ2v) is 8.61. The smallest absolute Gasteiger partial charge is 0.252 e. The fourth-order valence-corrected chi connectivity index (χ4v) is 5.00. The van der Waals surface area contributed by atoms with E-state index in [2.05, 4.69) is 0 Å². The highest BCUT2D eigenvalue weighted by atomic mass is 35.5. The van der Waals surface area contributed by atoms with Crippen molar-refractivity contribution in [1.29, 1.82) is 0 Å². The van der Waals surface area contributed by atoms with E-state index >= 15 is 0 Å². The number of sulfonamides is 1. The Balaban J connectivity index is 2.26. The fourth-order valence-electron chi connectivity index (χ4n) is 1.95. The van der Waals surface area contributed by atoms with Crippen LogP contribution in [0.25, 0.3) is 0 Å². The van der Waals surface area contributed by atoms with Crippen LogP contribution in [0.2, 0.25) is 5.02 Å². The first kappa shape index (κ1) is 16.5. The van der Waals surface area contributed by atoms with Crippen LogP contribution in [0.1, 0.15) is 16.0 Å². The van der Waals surface area contributed by atoms with Gasteiger partial charge in [-0.25, -0.2) is 8.42 Å². The molecule has 0 spiro atoms. The van der Waals surface area contributed by atoms with Gasteiger partial charge >= 0.3 is 0 Å². The van der Waals surface area contributed by atoms with E-state index in [-0.39, 0.29) is 6.54 Å². The molecule has 0 atom stereocenters. The summed E-state index contributed by atoms with van der Waals surface area (Å²) in [5.74, 6) is 0. The standard InChI is InChI=1S/C14H17ClN2O2S2/c1-10-6-14(20-13(10)8-16)21(18,19)17(2)9-11-4-3-5-12(15)7-11/h3-7H,8-9,16H2,1-2H3. The number of rotatable bonds is 5. The first-order chi connectivity index (χ1) is 9.84. The third kappa shape index (κ3) is 3.64. The molecule has 2 N–H and O–H groups in total. The van der Waals surface area contributed by atoms with Crippen molar-refractivity contribution >= 4 is 33.0 Å². The highest BCUT2D eigenvalue weighted by molar-refractivity contribution is 7.91. The summed E-state index contributed by atoms with van der Waals surface area (Å²) >= 11 is 7.15. The van der Waals surface area contributed by atoms with Crippen molar-refractivity contribution < 1.29 is 8.42 Å². The molecule has 21 heavy (non-hydrogen) atoms. The lowest BCUT2D eigenvalue weighted by molar-refractivity contribution is 0.468. The highest BCUT2D eigenvalue weighted by Gasteiger charge is 2.24. The highest BCUT2D eigenvalue weighted by Crippen LogP contribution is 2.28. The van der Waals surface area contributed by atoms with Crippen LogP contribution in [0.4, 0.5) is 0 Å². The molecule has 0 aliphatic carbocycles. The van der Waals surface area contributed by atoms with Crippen molar-refractivity contribution in [2.75, 3.05) is 7.05 Å². The topological polar surface area (TPSA) is 63.4 Å². The first-order valence-corrected chi connectivity index (χ1v) is 8.98. The van der Waals surface area contributed by atoms with Crippen molar-refractivity contribution in [3.8, 4) is 0 Å². The zero-order chi connectivity index (χ0) is 15.6. The molecule has 1 aromatic carbocycles. The Morgan fingerprint density at radius 2 is 2.05 bits per heavy atom. The summed E-state index contributed by atoms with van der Waals surface area (Å²) in [4.78, 5) is 0.893. The number of thiophene rings is 1. The zero-order valence-corrected chi connectivity index (χ0v) is 14.2. The summed E-state index contributed by atoms with van der Waals surface area (Å²) < 4.78 is 26.8. The van der Waals surface area contributed by atoms with Crippen molar-refractivity contribution in [2.24, 2.45) is 5.73 Å². The average molecular weight is 345 g/mol. The van der Waals surface area contributed by atoms with Gasteiger partial charge in [0.1, 0.15) is 4.21 Å². The molecule has 0 unspecified atom stereocenters. The summed E-state index contributed by atoms with van der Waals surface area (Å²) in [6.07, 6.45) is 0. The predicted molar refractivity (Wildman–Crippen MR) is 87.1 cm³/mol. The first-order valence-electron chi connectivity index (χ1n) is 6.34. The van der Waals surface area contributed by atoms with Crippen molar-refractivity contribution in [3.05, 3.63) is 51.4 Å². The van der Waals surface area contributed by atoms with Gasteiger partial charge in [0, 0.05) is 30.0 Å². The number of halogens is 1. The van der Waals surface area contributed by atoms with Crippen LogP contribution in [0.15, 0.2) is 34.5 Å². The van der Waals surface area contributed by atoms with E-state index in [0.717, 1.165) is 16.0 Å². The van der Waals surface area contributed by atoms with E-state index in [9.17, 15) is 8.42 Å². The molecule has 2 aromatic rings. The summed E-state index contributed by atoms with van der Waals surface area (Å²) in [5, 5.41) is 0.593. The van der Waals surface area contributed by atoms with E-state index in [1.165, 1.54) is 15.6 Å². The van der Waals surface area contributed by atoms with E-state index < -0.39 is 10.0 Å². The van der Waals surface area contributed by atoms with Gasteiger partial charge in [0.05, 0.1) is 0 Å². The number of hydrogen-bond acceptors (Lipinski definition) is 4. The number of nitrogens with two attached hydrogens (primary N) is 1. The zero-order valence-electron chi connectivity index (χ0n) is 11.8. The van der Waals surface area contributed by atoms with Gasteiger partial charge < -0.3 is 5.73 Å². The predicted octanol–water partition coefficient (Wildman–Crippen LogP) is 2.99. The van der Waals surface area contributed by atoms with Crippen LogP contribution in [0.5, 0.6) is 0 Å². The van der Waals surface area contributed by atoms with Gasteiger partial charge in [0.15, 0.2) is 0 Å². The number of hydrogen-bond donors (Lipinski definition) is 1. The lowest BCUT2D eigenvalue weighted by atomic mass is 10.2. The molecule has 7 heteroatoms. The molecule has 0 amide bonds. The largest absolute Gasteiger partial charge is 0.326 e. The lowest BCUT2D eigenvalue weighted by Crippen LogP contribution is -2.25. The van der Waals surface area contributed by atoms with Crippen LogP contribution >= 0.6 is 22.9 Å². The third-order valence-electron chi connectivity index (χ3n) is 3.14. The average Bonchev–Trinajstić information content (AvgIpc) is 2.80. The van der Waals surface area contributed by atoms with E-state index in [0.29, 0.717) is 15.8 Å². The van der Waals surface area contributed by atoms with Gasteiger partial charge in [-0.15, -0.1) is 11.3 Å². The SMILES string of the molecule is Cc1cc(S(=O)(=O)N(C)Cc2cccc(Cl)c2)sc1CN. The fraction of sp³-hybridized carbons (Fsp3) is 0.286. The maximum absolute atomic E-state index is 12.6. The molecule has 0 saturated carbocycles. The Morgan fingerprint density at radius 1 is 1.33 bits per heavy atom. The normalized spacial score (nSPS) is 12.0. The Morgan fingerprint density at radius 3 is 2.62 bits per heavy atom. The molecule has 0 radical (unpaired) electrons. The van der Waals surface area contributed by atoms with Crippen LogP contribution < -0.4 is 5.73 Å². The number of nitrogens with zero attached hydrogens (tertiary/aromatic N) is 1. The minimum absolute atomic E-state index is 0.276. The molecule has 0 saturated heterocycles. The Labute approximate surface area is 134 Å². The molecule has 0 bridgehead atoms. The Kier molecular flexibility index (Phi) is 5.06. The summed E-state index contributed by atoms with van der Waals surface area (Å²) in [7, 11) is -1.95. The molecular formula is C14H17ClN2O2S2. The van der Waals surface area contributed by atoms with Crippen molar-refractivity contribution in [2.45, 2.75) is 24.2 Å². The van der Waals surface area contributed by atoms with Gasteiger partial charge in [-0.3, -0.25) is 0 Å². The number of benzene rings is 1. The van der Waals surface area contributed by atoms with Crippen LogP contribution in [0, 0.1) is 6.92 Å². The van der Waals surface area contributed by atoms with Gasteiger partial charge in [0.25, 0.3) is 10.0 Å². The van der Waals surface area contributed by atoms with E-state index in [1.54, 1.807) is 31.3 Å². The summed E-state index contributed by atoms with van der Waals surface area (Å²) in [6.45, 7) is 2.50. The van der Waals surface area contributed by atoms with E-state index in [4.69, 9.17) is 17.3 Å².